The van der Waals surface area contributed by atoms with Crippen LogP contribution in [0.5, 0.6) is 11.5 Å². The van der Waals surface area contributed by atoms with Crippen molar-refractivity contribution in [2.24, 2.45) is 0 Å². The fourth-order valence-electron chi connectivity index (χ4n) is 2.54. The molecule has 0 aromatic heterocycles. The lowest BCUT2D eigenvalue weighted by Crippen LogP contribution is -2.05. The van der Waals surface area contributed by atoms with Gasteiger partial charge in [0, 0.05) is 12.0 Å². The molecule has 0 aliphatic carbocycles. The van der Waals surface area contributed by atoms with E-state index in [9.17, 15) is 4.79 Å². The summed E-state index contributed by atoms with van der Waals surface area (Å²) in [5.41, 5.74) is 2.77. The van der Waals surface area contributed by atoms with E-state index in [1.165, 1.54) is 0 Å². The molecule has 0 atom stereocenters. The third-order valence-electron chi connectivity index (χ3n) is 3.83. The Morgan fingerprint density at radius 1 is 1.08 bits per heavy atom. The number of ether oxygens (including phenoxy) is 4. The summed E-state index contributed by atoms with van der Waals surface area (Å²) < 4.78 is 22.3. The lowest BCUT2D eigenvalue weighted by atomic mass is 10.1. The number of benzene rings is 2. The minimum absolute atomic E-state index is 0.353. The smallest absolute Gasteiger partial charge is 0.187 e. The molecular weight excluding hydrogens is 308 g/mol. The van der Waals surface area contributed by atoms with E-state index in [-0.39, 0.29) is 0 Å². The fraction of sp³-hybridized carbons (Fsp3) is 0.316. The van der Waals surface area contributed by atoms with Crippen molar-refractivity contribution in [3.05, 3.63) is 59.2 Å². The first-order chi connectivity index (χ1) is 11.8. The van der Waals surface area contributed by atoms with Crippen LogP contribution < -0.4 is 9.47 Å². The highest BCUT2D eigenvalue weighted by Crippen LogP contribution is 2.32. The molecule has 0 unspecified atom stereocenters. The molecule has 126 valence electrons. The Balaban J connectivity index is 1.77. The van der Waals surface area contributed by atoms with Gasteiger partial charge < -0.3 is 23.7 Å². The first kappa shape index (κ1) is 16.5. The van der Waals surface area contributed by atoms with Gasteiger partial charge in [0.15, 0.2) is 6.29 Å². The number of aldehydes is 1. The second-order valence-corrected chi connectivity index (χ2v) is 5.45. The van der Waals surface area contributed by atoms with E-state index in [1.54, 1.807) is 7.11 Å². The number of hydrogen-bond acceptors (Lipinski definition) is 5. The molecule has 5 nitrogen and oxygen atoms in total. The molecule has 24 heavy (non-hydrogen) atoms. The molecule has 1 aliphatic heterocycles. The van der Waals surface area contributed by atoms with Crippen molar-refractivity contribution in [1.29, 1.82) is 0 Å². The highest BCUT2D eigenvalue weighted by molar-refractivity contribution is 5.56. The first-order valence-corrected chi connectivity index (χ1v) is 7.85. The summed E-state index contributed by atoms with van der Waals surface area (Å²) in [6.45, 7) is 1.55. The van der Waals surface area contributed by atoms with E-state index in [1.807, 2.05) is 42.5 Å². The minimum Gasteiger partial charge on any atom is -0.497 e. The van der Waals surface area contributed by atoms with Crippen LogP contribution in [0.1, 0.15) is 23.0 Å². The summed E-state index contributed by atoms with van der Waals surface area (Å²) in [7, 11) is 1.64. The molecule has 0 N–H and O–H groups in total. The predicted molar refractivity (Wildman–Crippen MR) is 88.2 cm³/mol. The second kappa shape index (κ2) is 7.95. The zero-order valence-corrected chi connectivity index (χ0v) is 13.6. The molecule has 0 radical (unpaired) electrons. The molecule has 1 fully saturated rings. The number of methoxy groups -OCH3 is 1. The largest absolute Gasteiger partial charge is 0.497 e. The Labute approximate surface area is 141 Å². The maximum absolute atomic E-state index is 10.8. The monoisotopic (exact) mass is 328 g/mol. The van der Waals surface area contributed by atoms with Gasteiger partial charge in [0.1, 0.15) is 24.4 Å². The van der Waals surface area contributed by atoms with Crippen LogP contribution in [0.2, 0.25) is 0 Å². The van der Waals surface area contributed by atoms with Crippen LogP contribution in [-0.2, 0) is 27.3 Å². The number of rotatable bonds is 7. The Morgan fingerprint density at radius 3 is 2.46 bits per heavy atom. The first-order valence-electron chi connectivity index (χ1n) is 7.85. The van der Waals surface area contributed by atoms with Gasteiger partial charge in [0.25, 0.3) is 0 Å². The molecule has 1 heterocycles. The van der Waals surface area contributed by atoms with Gasteiger partial charge in [0.05, 0.1) is 20.3 Å². The summed E-state index contributed by atoms with van der Waals surface area (Å²) in [4.78, 5) is 10.8. The highest BCUT2D eigenvalue weighted by Gasteiger charge is 2.22. The van der Waals surface area contributed by atoms with Gasteiger partial charge in [-0.05, 0) is 35.4 Å². The topological polar surface area (TPSA) is 54.0 Å². The van der Waals surface area contributed by atoms with Crippen molar-refractivity contribution in [1.82, 2.24) is 0 Å². The number of carbonyl (C=O) groups excluding carboxylic acids is 1. The Hall–Kier alpha value is -2.37. The Kier molecular flexibility index (Phi) is 5.46. The number of hydrogen-bond donors (Lipinski definition) is 0. The molecule has 5 heteroatoms. The third-order valence-corrected chi connectivity index (χ3v) is 3.83. The zero-order chi connectivity index (χ0) is 16.8. The van der Waals surface area contributed by atoms with Crippen LogP contribution >= 0.6 is 0 Å². The van der Waals surface area contributed by atoms with Gasteiger partial charge in [-0.25, -0.2) is 0 Å². The summed E-state index contributed by atoms with van der Waals surface area (Å²) in [6.07, 6.45) is 0.817. The lowest BCUT2D eigenvalue weighted by molar-refractivity contribution is -0.107. The standard InChI is InChI=1S/C19H20O5/c1-21-16-5-2-15(3-6-16)13-24-18-12-14(8-9-20)4-7-17(18)19-22-10-11-23-19/h2-7,9,12,19H,8,10-11,13H2,1H3. The number of carbonyl (C=O) groups is 1. The van der Waals surface area contributed by atoms with Gasteiger partial charge in [-0.3, -0.25) is 0 Å². The SMILES string of the molecule is COc1ccc(COc2cc(CC=O)ccc2C2OCCO2)cc1. The van der Waals surface area contributed by atoms with Crippen molar-refractivity contribution in [3.8, 4) is 11.5 Å². The van der Waals surface area contributed by atoms with E-state index >= 15 is 0 Å². The van der Waals surface area contributed by atoms with Crippen molar-refractivity contribution in [2.45, 2.75) is 19.3 Å². The maximum Gasteiger partial charge on any atom is 0.187 e. The molecule has 1 aliphatic rings. The van der Waals surface area contributed by atoms with Gasteiger partial charge in [-0.15, -0.1) is 0 Å². The average Bonchev–Trinajstić information content (AvgIpc) is 3.15. The Bertz CT molecular complexity index is 675. The quantitative estimate of drug-likeness (QED) is 0.731. The van der Waals surface area contributed by atoms with Crippen molar-refractivity contribution < 1.29 is 23.7 Å². The van der Waals surface area contributed by atoms with Crippen molar-refractivity contribution in [2.75, 3.05) is 20.3 Å². The zero-order valence-electron chi connectivity index (χ0n) is 13.6. The fourth-order valence-corrected chi connectivity index (χ4v) is 2.54. The molecule has 0 saturated carbocycles. The van der Waals surface area contributed by atoms with Crippen LogP contribution in [0, 0.1) is 0 Å². The van der Waals surface area contributed by atoms with E-state index < -0.39 is 6.29 Å². The molecule has 2 aromatic rings. The van der Waals surface area contributed by atoms with Crippen LogP contribution in [0.25, 0.3) is 0 Å². The lowest BCUT2D eigenvalue weighted by Gasteiger charge is -2.16. The average molecular weight is 328 g/mol. The van der Waals surface area contributed by atoms with Crippen LogP contribution in [0.3, 0.4) is 0 Å². The third kappa shape index (κ3) is 3.93. The van der Waals surface area contributed by atoms with Gasteiger partial charge in [0.2, 0.25) is 0 Å². The predicted octanol–water partition coefficient (Wildman–Crippen LogP) is 3.06. The second-order valence-electron chi connectivity index (χ2n) is 5.45. The molecule has 2 aromatic carbocycles. The van der Waals surface area contributed by atoms with Crippen LogP contribution in [0.4, 0.5) is 0 Å². The maximum atomic E-state index is 10.8. The van der Waals surface area contributed by atoms with Crippen molar-refractivity contribution in [3.63, 3.8) is 0 Å². The summed E-state index contributed by atoms with van der Waals surface area (Å²) in [6, 6.07) is 13.4. The summed E-state index contributed by atoms with van der Waals surface area (Å²) >= 11 is 0. The Morgan fingerprint density at radius 2 is 1.79 bits per heavy atom. The summed E-state index contributed by atoms with van der Waals surface area (Å²) in [5, 5.41) is 0. The normalized spacial score (nSPS) is 14.5. The van der Waals surface area contributed by atoms with Crippen LogP contribution in [-0.4, -0.2) is 26.6 Å². The van der Waals surface area contributed by atoms with E-state index in [0.717, 1.165) is 28.7 Å². The molecular formula is C19H20O5. The molecule has 0 spiro atoms. The van der Waals surface area contributed by atoms with Crippen LogP contribution in [0.15, 0.2) is 42.5 Å². The van der Waals surface area contributed by atoms with E-state index in [4.69, 9.17) is 18.9 Å². The molecule has 0 bridgehead atoms. The summed E-state index contributed by atoms with van der Waals surface area (Å²) in [5.74, 6) is 1.48. The van der Waals surface area contributed by atoms with Crippen molar-refractivity contribution >= 4 is 6.29 Å². The molecule has 1 saturated heterocycles. The highest BCUT2D eigenvalue weighted by atomic mass is 16.7. The van der Waals surface area contributed by atoms with E-state index in [2.05, 4.69) is 0 Å². The van der Waals surface area contributed by atoms with Gasteiger partial charge >= 0.3 is 0 Å². The van der Waals surface area contributed by atoms with Gasteiger partial charge in [-0.1, -0.05) is 18.2 Å². The van der Waals surface area contributed by atoms with E-state index in [0.29, 0.717) is 32.0 Å². The molecule has 3 rings (SSSR count). The van der Waals surface area contributed by atoms with Gasteiger partial charge in [-0.2, -0.15) is 0 Å². The minimum atomic E-state index is -0.416. The molecule has 0 amide bonds.